The molecule has 1 aromatic heterocycles. The van der Waals surface area contributed by atoms with E-state index in [1.807, 2.05) is 12.3 Å². The molecule has 0 bridgehead atoms. The van der Waals surface area contributed by atoms with E-state index in [4.69, 9.17) is 0 Å². The number of benzene rings is 1. The van der Waals surface area contributed by atoms with Crippen LogP contribution in [0.5, 0.6) is 0 Å². The first kappa shape index (κ1) is 19.4. The van der Waals surface area contributed by atoms with Crippen LogP contribution in [-0.4, -0.2) is 10.5 Å². The fourth-order valence-corrected chi connectivity index (χ4v) is 3.71. The molecular weight excluding hydrogens is 332 g/mol. The average molecular weight is 361 g/mol. The zero-order valence-electron chi connectivity index (χ0n) is 15.5. The molecule has 1 N–H and O–H groups in total. The molecule has 1 unspecified atom stereocenters. The molecule has 1 atom stereocenters. The van der Waals surface area contributed by atoms with E-state index in [9.17, 15) is 9.59 Å². The predicted octanol–water partition coefficient (Wildman–Crippen LogP) is 4.07. The number of aromatic nitrogens is 1. The Bertz CT molecular complexity index is 744. The largest absolute Gasteiger partial charge is 0.349 e. The number of carbonyl (C=O) groups is 1. The normalized spacial score (nSPS) is 12.4. The highest BCUT2D eigenvalue weighted by Gasteiger charge is 2.18. The number of rotatable bonds is 8. The fourth-order valence-electron chi connectivity index (χ4n) is 2.95. The van der Waals surface area contributed by atoms with E-state index in [1.54, 1.807) is 4.57 Å². The van der Waals surface area contributed by atoms with Crippen LogP contribution in [0.3, 0.4) is 0 Å². The fraction of sp³-hybridized carbons (Fsp3) is 0.500. The van der Waals surface area contributed by atoms with Crippen molar-refractivity contribution in [1.29, 1.82) is 0 Å². The predicted molar refractivity (Wildman–Crippen MR) is 104 cm³/mol. The van der Waals surface area contributed by atoms with Gasteiger partial charge in [0.15, 0.2) is 0 Å². The first-order chi connectivity index (χ1) is 11.9. The van der Waals surface area contributed by atoms with Gasteiger partial charge in [0.1, 0.15) is 0 Å². The van der Waals surface area contributed by atoms with Crippen molar-refractivity contribution in [1.82, 2.24) is 9.88 Å². The highest BCUT2D eigenvalue weighted by molar-refractivity contribution is 7.07. The van der Waals surface area contributed by atoms with E-state index in [-0.39, 0.29) is 16.8 Å². The lowest BCUT2D eigenvalue weighted by Gasteiger charge is -2.23. The van der Waals surface area contributed by atoms with Crippen LogP contribution in [-0.2, 0) is 17.8 Å². The van der Waals surface area contributed by atoms with E-state index >= 15 is 0 Å². The van der Waals surface area contributed by atoms with Crippen molar-refractivity contribution in [3.63, 3.8) is 0 Å². The van der Waals surface area contributed by atoms with Gasteiger partial charge in [-0.15, -0.1) is 0 Å². The minimum absolute atomic E-state index is 0.00257. The monoisotopic (exact) mass is 360 g/mol. The van der Waals surface area contributed by atoms with Crippen molar-refractivity contribution in [3.05, 3.63) is 56.1 Å². The summed E-state index contributed by atoms with van der Waals surface area (Å²) in [5, 5.41) is 4.96. The summed E-state index contributed by atoms with van der Waals surface area (Å²) < 4.78 is 1.66. The maximum atomic E-state index is 12.4. The van der Waals surface area contributed by atoms with Crippen molar-refractivity contribution in [2.24, 2.45) is 5.92 Å². The minimum Gasteiger partial charge on any atom is -0.349 e. The average Bonchev–Trinajstić information content (AvgIpc) is 2.90. The van der Waals surface area contributed by atoms with E-state index in [2.05, 4.69) is 50.4 Å². The second-order valence-electron chi connectivity index (χ2n) is 6.83. The van der Waals surface area contributed by atoms with Crippen molar-refractivity contribution in [2.75, 3.05) is 0 Å². The molecule has 0 saturated carbocycles. The summed E-state index contributed by atoms with van der Waals surface area (Å²) in [5.74, 6) is 0.278. The van der Waals surface area contributed by atoms with Crippen LogP contribution < -0.4 is 10.2 Å². The van der Waals surface area contributed by atoms with E-state index in [0.29, 0.717) is 18.9 Å². The standard InChI is InChI=1S/C20H28N2O2S/c1-5-6-16-7-9-17(10-8-16)19(14(2)3)21-18(23)11-12-22-15(4)13-25-20(22)24/h7-10,13-14,19H,5-6,11-12H2,1-4H3,(H,21,23). The van der Waals surface area contributed by atoms with Gasteiger partial charge >= 0.3 is 4.87 Å². The summed E-state index contributed by atoms with van der Waals surface area (Å²) in [5.41, 5.74) is 3.37. The molecular formula is C20H28N2O2S. The van der Waals surface area contributed by atoms with Gasteiger partial charge in [-0.1, -0.05) is 62.8 Å². The minimum atomic E-state index is -0.0196. The molecule has 5 heteroatoms. The van der Waals surface area contributed by atoms with Gasteiger partial charge in [0, 0.05) is 24.0 Å². The first-order valence-corrected chi connectivity index (χ1v) is 9.83. The third kappa shape index (κ3) is 5.30. The Kier molecular flexibility index (Phi) is 7.00. The van der Waals surface area contributed by atoms with Gasteiger partial charge in [0.25, 0.3) is 0 Å². The van der Waals surface area contributed by atoms with E-state index < -0.39 is 0 Å². The summed E-state index contributed by atoms with van der Waals surface area (Å²) in [4.78, 5) is 24.1. The molecule has 1 heterocycles. The van der Waals surface area contributed by atoms with Crippen LogP contribution in [0.2, 0.25) is 0 Å². The van der Waals surface area contributed by atoms with Crippen molar-refractivity contribution < 1.29 is 4.79 Å². The highest BCUT2D eigenvalue weighted by Crippen LogP contribution is 2.22. The molecule has 0 aliphatic carbocycles. The molecule has 0 fully saturated rings. The molecule has 1 aromatic carbocycles. The lowest BCUT2D eigenvalue weighted by atomic mass is 9.94. The lowest BCUT2D eigenvalue weighted by molar-refractivity contribution is -0.122. The SMILES string of the molecule is CCCc1ccc(C(NC(=O)CCn2c(C)csc2=O)C(C)C)cc1. The molecule has 136 valence electrons. The molecule has 2 aromatic rings. The van der Waals surface area contributed by atoms with Crippen LogP contribution in [0.15, 0.2) is 34.4 Å². The van der Waals surface area contributed by atoms with Crippen molar-refractivity contribution in [2.45, 2.75) is 59.5 Å². The summed E-state index contributed by atoms with van der Waals surface area (Å²) in [6.45, 7) is 8.72. The zero-order valence-corrected chi connectivity index (χ0v) is 16.4. The molecule has 25 heavy (non-hydrogen) atoms. The Balaban J connectivity index is 2.00. The number of amides is 1. The van der Waals surface area contributed by atoms with Crippen LogP contribution in [0.4, 0.5) is 0 Å². The van der Waals surface area contributed by atoms with Gasteiger partial charge in [-0.2, -0.15) is 0 Å². The number of thiazole rings is 1. The second kappa shape index (κ2) is 8.99. The zero-order chi connectivity index (χ0) is 18.4. The second-order valence-corrected chi connectivity index (χ2v) is 7.65. The highest BCUT2D eigenvalue weighted by atomic mass is 32.1. The van der Waals surface area contributed by atoms with Gasteiger partial charge in [-0.05, 0) is 30.4 Å². The summed E-state index contributed by atoms with van der Waals surface area (Å²) in [6.07, 6.45) is 2.52. The van der Waals surface area contributed by atoms with Crippen LogP contribution in [0.25, 0.3) is 0 Å². The number of nitrogens with zero attached hydrogens (tertiary/aromatic N) is 1. The lowest BCUT2D eigenvalue weighted by Crippen LogP contribution is -2.33. The number of nitrogens with one attached hydrogen (secondary N) is 1. The van der Waals surface area contributed by atoms with Gasteiger partial charge in [0.2, 0.25) is 5.91 Å². The first-order valence-electron chi connectivity index (χ1n) is 8.95. The maximum absolute atomic E-state index is 12.4. The molecule has 0 spiro atoms. The number of aryl methyl sites for hydroxylation is 2. The molecule has 0 aliphatic heterocycles. The summed E-state index contributed by atoms with van der Waals surface area (Å²) in [7, 11) is 0. The van der Waals surface area contributed by atoms with Crippen LogP contribution in [0, 0.1) is 12.8 Å². The number of hydrogen-bond donors (Lipinski definition) is 1. The quantitative estimate of drug-likeness (QED) is 0.771. The van der Waals surface area contributed by atoms with Crippen LogP contribution >= 0.6 is 11.3 Å². The molecule has 0 saturated heterocycles. The van der Waals surface area contributed by atoms with Crippen molar-refractivity contribution in [3.8, 4) is 0 Å². The Hall–Kier alpha value is -1.88. The maximum Gasteiger partial charge on any atom is 0.307 e. The molecule has 4 nitrogen and oxygen atoms in total. The molecule has 0 radical (unpaired) electrons. The summed E-state index contributed by atoms with van der Waals surface area (Å²) in [6, 6.07) is 8.51. The van der Waals surface area contributed by atoms with Gasteiger partial charge < -0.3 is 9.88 Å². The Morgan fingerprint density at radius 1 is 1.24 bits per heavy atom. The Morgan fingerprint density at radius 2 is 1.92 bits per heavy atom. The van der Waals surface area contributed by atoms with Gasteiger partial charge in [-0.3, -0.25) is 9.59 Å². The Labute approximate surface area is 153 Å². The Morgan fingerprint density at radius 3 is 2.44 bits per heavy atom. The van der Waals surface area contributed by atoms with Gasteiger partial charge in [0.05, 0.1) is 6.04 Å². The number of carbonyl (C=O) groups excluding carboxylic acids is 1. The number of hydrogen-bond acceptors (Lipinski definition) is 3. The third-order valence-electron chi connectivity index (χ3n) is 4.40. The van der Waals surface area contributed by atoms with Crippen LogP contribution in [0.1, 0.15) is 56.5 Å². The molecule has 0 aliphatic rings. The topological polar surface area (TPSA) is 51.1 Å². The smallest absolute Gasteiger partial charge is 0.307 e. The van der Waals surface area contributed by atoms with E-state index in [0.717, 1.165) is 24.1 Å². The van der Waals surface area contributed by atoms with E-state index in [1.165, 1.54) is 16.9 Å². The summed E-state index contributed by atoms with van der Waals surface area (Å²) >= 11 is 1.18. The third-order valence-corrected chi connectivity index (χ3v) is 5.28. The molecule has 1 amide bonds. The van der Waals surface area contributed by atoms with Crippen molar-refractivity contribution >= 4 is 17.2 Å². The molecule has 2 rings (SSSR count). The van der Waals surface area contributed by atoms with Gasteiger partial charge in [-0.25, -0.2) is 0 Å².